The molecular weight excluding hydrogens is 280 g/mol. The second-order valence-corrected chi connectivity index (χ2v) is 6.30. The van der Waals surface area contributed by atoms with Crippen LogP contribution in [0.3, 0.4) is 0 Å². The maximum atomic E-state index is 12.3. The largest absolute Gasteiger partial charge is 0.479 e. The van der Waals surface area contributed by atoms with Gasteiger partial charge in [-0.05, 0) is 44.3 Å². The van der Waals surface area contributed by atoms with E-state index in [0.29, 0.717) is 11.5 Å². The first kappa shape index (κ1) is 16.5. The van der Waals surface area contributed by atoms with Gasteiger partial charge >= 0.3 is 5.97 Å². The highest BCUT2D eigenvalue weighted by Crippen LogP contribution is 2.21. The van der Waals surface area contributed by atoms with Crippen LogP contribution in [-0.4, -0.2) is 41.5 Å². The average molecular weight is 304 g/mol. The summed E-state index contributed by atoms with van der Waals surface area (Å²) in [5.74, 6) is -0.601. The van der Waals surface area contributed by atoms with Crippen molar-refractivity contribution in [1.82, 2.24) is 10.2 Å². The second-order valence-electron chi connectivity index (χ2n) is 6.30. The number of rotatable bonds is 5. The van der Waals surface area contributed by atoms with Crippen LogP contribution in [0.25, 0.3) is 0 Å². The quantitative estimate of drug-likeness (QED) is 0.871. The fourth-order valence-corrected chi connectivity index (χ4v) is 2.76. The number of aliphatic carboxylic acids is 1. The van der Waals surface area contributed by atoms with Gasteiger partial charge in [0.25, 0.3) is 0 Å². The van der Waals surface area contributed by atoms with E-state index in [4.69, 9.17) is 0 Å². The van der Waals surface area contributed by atoms with E-state index >= 15 is 0 Å². The topological polar surface area (TPSA) is 69.6 Å². The third kappa shape index (κ3) is 3.85. The van der Waals surface area contributed by atoms with E-state index < -0.39 is 11.5 Å². The van der Waals surface area contributed by atoms with Crippen molar-refractivity contribution in [3.8, 4) is 0 Å². The predicted octanol–water partition coefficient (Wildman–Crippen LogP) is 1.83. The number of carboxylic acid groups (broad SMARTS) is 1. The van der Waals surface area contributed by atoms with E-state index in [0.717, 1.165) is 25.9 Å². The number of benzene rings is 1. The van der Waals surface area contributed by atoms with Crippen LogP contribution in [0.15, 0.2) is 30.3 Å². The van der Waals surface area contributed by atoms with Crippen molar-refractivity contribution in [2.75, 3.05) is 19.6 Å². The Labute approximate surface area is 131 Å². The Morgan fingerprint density at radius 2 is 1.86 bits per heavy atom. The molecule has 0 bridgehead atoms. The molecule has 1 aromatic carbocycles. The van der Waals surface area contributed by atoms with Crippen LogP contribution in [0.2, 0.25) is 0 Å². The van der Waals surface area contributed by atoms with Gasteiger partial charge in [-0.2, -0.15) is 0 Å². The Morgan fingerprint density at radius 1 is 1.27 bits per heavy atom. The van der Waals surface area contributed by atoms with E-state index in [2.05, 4.69) is 17.1 Å². The minimum Gasteiger partial charge on any atom is -0.479 e. The van der Waals surface area contributed by atoms with Gasteiger partial charge in [0.05, 0.1) is 6.54 Å². The van der Waals surface area contributed by atoms with Crippen LogP contribution in [-0.2, 0) is 15.1 Å². The maximum Gasteiger partial charge on any atom is 0.333 e. The first-order valence-corrected chi connectivity index (χ1v) is 7.74. The Hall–Kier alpha value is -1.88. The number of carboxylic acids is 1. The number of nitrogens with zero attached hydrogens (tertiary/aromatic N) is 1. The SMILES string of the molecule is CC1CCN(CC(=O)NC(C)(C(=O)O)c2ccccc2)CC1. The zero-order chi connectivity index (χ0) is 16.2. The number of hydrogen-bond donors (Lipinski definition) is 2. The molecule has 1 amide bonds. The summed E-state index contributed by atoms with van der Waals surface area (Å²) in [6, 6.07) is 8.81. The smallest absolute Gasteiger partial charge is 0.333 e. The Kier molecular flexibility index (Phi) is 5.19. The van der Waals surface area contributed by atoms with Gasteiger partial charge in [-0.1, -0.05) is 37.3 Å². The molecule has 0 saturated carbocycles. The Morgan fingerprint density at radius 3 is 2.41 bits per heavy atom. The van der Waals surface area contributed by atoms with Crippen molar-refractivity contribution in [3.63, 3.8) is 0 Å². The Balaban J connectivity index is 2.02. The van der Waals surface area contributed by atoms with Crippen LogP contribution in [0, 0.1) is 5.92 Å². The lowest BCUT2D eigenvalue weighted by Gasteiger charge is -2.32. The molecule has 2 N–H and O–H groups in total. The summed E-state index contributed by atoms with van der Waals surface area (Å²) in [6.07, 6.45) is 2.17. The van der Waals surface area contributed by atoms with Gasteiger partial charge < -0.3 is 10.4 Å². The molecule has 0 aromatic heterocycles. The summed E-state index contributed by atoms with van der Waals surface area (Å²) in [4.78, 5) is 26.0. The molecule has 0 spiro atoms. The van der Waals surface area contributed by atoms with Crippen LogP contribution < -0.4 is 5.32 Å². The summed E-state index contributed by atoms with van der Waals surface area (Å²) in [5.41, 5.74) is -0.829. The van der Waals surface area contributed by atoms with Gasteiger partial charge in [-0.15, -0.1) is 0 Å². The lowest BCUT2D eigenvalue weighted by Crippen LogP contribution is -2.52. The van der Waals surface area contributed by atoms with E-state index in [1.807, 2.05) is 6.07 Å². The van der Waals surface area contributed by atoms with Gasteiger partial charge in [-0.3, -0.25) is 9.69 Å². The molecular formula is C17H24N2O3. The van der Waals surface area contributed by atoms with Crippen molar-refractivity contribution in [2.45, 2.75) is 32.2 Å². The first-order valence-electron chi connectivity index (χ1n) is 7.74. The highest BCUT2D eigenvalue weighted by molar-refractivity contribution is 5.88. The molecule has 1 aromatic rings. The molecule has 5 nitrogen and oxygen atoms in total. The van der Waals surface area contributed by atoms with Gasteiger partial charge in [0, 0.05) is 0 Å². The summed E-state index contributed by atoms with van der Waals surface area (Å²) in [7, 11) is 0. The lowest BCUT2D eigenvalue weighted by molar-refractivity contribution is -0.147. The molecule has 22 heavy (non-hydrogen) atoms. The van der Waals surface area contributed by atoms with Gasteiger partial charge in [0.1, 0.15) is 0 Å². The molecule has 1 unspecified atom stereocenters. The zero-order valence-electron chi connectivity index (χ0n) is 13.2. The normalized spacial score (nSPS) is 19.4. The van der Waals surface area contributed by atoms with Gasteiger partial charge in [-0.25, -0.2) is 4.79 Å². The number of carbonyl (C=O) groups is 2. The number of nitrogens with one attached hydrogen (secondary N) is 1. The molecule has 120 valence electrons. The van der Waals surface area contributed by atoms with Crippen molar-refractivity contribution < 1.29 is 14.7 Å². The van der Waals surface area contributed by atoms with E-state index in [1.54, 1.807) is 24.3 Å². The fourth-order valence-electron chi connectivity index (χ4n) is 2.76. The summed E-state index contributed by atoms with van der Waals surface area (Å²) in [6.45, 7) is 5.78. The predicted molar refractivity (Wildman–Crippen MR) is 84.4 cm³/mol. The number of piperidine rings is 1. The summed E-state index contributed by atoms with van der Waals surface area (Å²) in [5, 5.41) is 12.2. The van der Waals surface area contributed by atoms with Crippen LogP contribution >= 0.6 is 0 Å². The molecule has 1 heterocycles. The van der Waals surface area contributed by atoms with Crippen LogP contribution in [0.1, 0.15) is 32.3 Å². The minimum atomic E-state index is -1.40. The van der Waals surface area contributed by atoms with Gasteiger partial charge in [0.15, 0.2) is 5.54 Å². The average Bonchev–Trinajstić information content (AvgIpc) is 2.50. The molecule has 1 fully saturated rings. The molecule has 0 radical (unpaired) electrons. The first-order chi connectivity index (χ1) is 10.4. The summed E-state index contributed by atoms with van der Waals surface area (Å²) < 4.78 is 0. The molecule has 1 aliphatic heterocycles. The number of amides is 1. The van der Waals surface area contributed by atoms with Gasteiger partial charge in [0.2, 0.25) is 5.91 Å². The second kappa shape index (κ2) is 6.92. The molecule has 2 rings (SSSR count). The van der Waals surface area contributed by atoms with E-state index in [-0.39, 0.29) is 12.5 Å². The van der Waals surface area contributed by atoms with E-state index in [9.17, 15) is 14.7 Å². The minimum absolute atomic E-state index is 0.247. The Bertz CT molecular complexity index is 524. The molecule has 1 atom stereocenters. The monoisotopic (exact) mass is 304 g/mol. The number of hydrogen-bond acceptors (Lipinski definition) is 3. The maximum absolute atomic E-state index is 12.3. The standard InChI is InChI=1S/C17H24N2O3/c1-13-8-10-19(11-9-13)12-15(20)18-17(2,16(21)22)14-6-4-3-5-7-14/h3-7,13H,8-12H2,1-2H3,(H,18,20)(H,21,22). The highest BCUT2D eigenvalue weighted by Gasteiger charge is 2.37. The third-order valence-corrected chi connectivity index (χ3v) is 4.41. The third-order valence-electron chi connectivity index (χ3n) is 4.41. The van der Waals surface area contributed by atoms with Crippen molar-refractivity contribution in [1.29, 1.82) is 0 Å². The lowest BCUT2D eigenvalue weighted by atomic mass is 9.92. The van der Waals surface area contributed by atoms with Crippen LogP contribution in [0.4, 0.5) is 0 Å². The van der Waals surface area contributed by atoms with Crippen molar-refractivity contribution in [3.05, 3.63) is 35.9 Å². The number of carbonyl (C=O) groups excluding carboxylic acids is 1. The van der Waals surface area contributed by atoms with Crippen molar-refractivity contribution >= 4 is 11.9 Å². The van der Waals surface area contributed by atoms with E-state index in [1.165, 1.54) is 6.92 Å². The van der Waals surface area contributed by atoms with Crippen molar-refractivity contribution in [2.24, 2.45) is 5.92 Å². The molecule has 5 heteroatoms. The molecule has 0 aliphatic carbocycles. The molecule has 1 aliphatic rings. The van der Waals surface area contributed by atoms with Crippen LogP contribution in [0.5, 0.6) is 0 Å². The highest BCUT2D eigenvalue weighted by atomic mass is 16.4. The number of likely N-dealkylation sites (tertiary alicyclic amines) is 1. The molecule has 1 saturated heterocycles. The zero-order valence-corrected chi connectivity index (χ0v) is 13.2. The summed E-state index contributed by atoms with van der Waals surface area (Å²) >= 11 is 0. The fraction of sp³-hybridized carbons (Fsp3) is 0.529.